The molecule has 0 aromatic carbocycles. The number of hydrogen-bond donors (Lipinski definition) is 2. The highest BCUT2D eigenvalue weighted by Crippen LogP contribution is 2.25. The van der Waals surface area contributed by atoms with Gasteiger partial charge in [-0.3, -0.25) is 5.32 Å². The number of nitrogens with zero attached hydrogens (tertiary/aromatic N) is 6. The van der Waals surface area contributed by atoms with E-state index in [1.165, 1.54) is 12.3 Å². The van der Waals surface area contributed by atoms with Crippen molar-refractivity contribution in [2.45, 2.75) is 38.0 Å². The van der Waals surface area contributed by atoms with Crippen LogP contribution in [-0.4, -0.2) is 68.6 Å². The number of aryl methyl sites for hydroxylation is 1. The third-order valence-corrected chi connectivity index (χ3v) is 6.78. The lowest BCUT2D eigenvalue weighted by molar-refractivity contribution is 0.0489. The van der Waals surface area contributed by atoms with Gasteiger partial charge >= 0.3 is 0 Å². The van der Waals surface area contributed by atoms with Crippen LogP contribution in [0.15, 0.2) is 36.9 Å². The molecule has 10 nitrogen and oxygen atoms in total. The van der Waals surface area contributed by atoms with E-state index in [0.717, 1.165) is 63.5 Å². The van der Waals surface area contributed by atoms with E-state index in [4.69, 9.17) is 9.47 Å². The van der Waals surface area contributed by atoms with Gasteiger partial charge in [-0.1, -0.05) is 0 Å². The maximum absolute atomic E-state index is 13.2. The fourth-order valence-electron chi connectivity index (χ4n) is 4.60. The summed E-state index contributed by atoms with van der Waals surface area (Å²) in [4.78, 5) is 19.7. The number of pyridine rings is 1. The molecule has 0 amide bonds. The standard InChI is InChI=1S/C25H32FN7O3/c1-32-16-27-14-21(32)24-30-20(12-23(31-24)36-15-17-6-10-35-11-7-17)25(34)29-19-4-8-33(9-5-19)22-3-2-18(26)13-28-22/h2-3,12-14,16-17,19,25,29,34H,4-11,15H2,1H3. The average Bonchev–Trinajstić information content (AvgIpc) is 3.35. The van der Waals surface area contributed by atoms with Crippen molar-refractivity contribution < 1.29 is 19.0 Å². The minimum Gasteiger partial charge on any atom is -0.477 e. The van der Waals surface area contributed by atoms with E-state index in [-0.39, 0.29) is 11.9 Å². The molecule has 0 saturated carbocycles. The Bertz CT molecular complexity index is 1130. The molecular formula is C25H32FN7O3. The first kappa shape index (κ1) is 24.5. The molecule has 3 aromatic rings. The van der Waals surface area contributed by atoms with Gasteiger partial charge in [0, 0.05) is 45.5 Å². The van der Waals surface area contributed by atoms with Crippen LogP contribution < -0.4 is 15.0 Å². The predicted molar refractivity (Wildman–Crippen MR) is 131 cm³/mol. The molecular weight excluding hydrogens is 465 g/mol. The molecule has 2 fully saturated rings. The Balaban J connectivity index is 1.26. The molecule has 0 radical (unpaired) electrons. The fourth-order valence-corrected chi connectivity index (χ4v) is 4.60. The Hall–Kier alpha value is -3.15. The van der Waals surface area contributed by atoms with Crippen LogP contribution in [0.4, 0.5) is 10.2 Å². The molecule has 3 aromatic heterocycles. The highest BCUT2D eigenvalue weighted by Gasteiger charge is 2.24. The van der Waals surface area contributed by atoms with Crippen molar-refractivity contribution in [3.05, 3.63) is 48.4 Å². The lowest BCUT2D eigenvalue weighted by Crippen LogP contribution is -2.44. The zero-order chi connectivity index (χ0) is 24.9. The van der Waals surface area contributed by atoms with Gasteiger partial charge in [0.1, 0.15) is 23.6 Å². The number of aromatic nitrogens is 5. The number of anilines is 1. The van der Waals surface area contributed by atoms with Gasteiger partial charge in [0.25, 0.3) is 0 Å². The molecule has 2 saturated heterocycles. The Morgan fingerprint density at radius 3 is 2.67 bits per heavy atom. The van der Waals surface area contributed by atoms with Crippen molar-refractivity contribution in [2.75, 3.05) is 37.8 Å². The normalized spacial score (nSPS) is 18.4. The molecule has 192 valence electrons. The number of hydrogen-bond acceptors (Lipinski definition) is 9. The Morgan fingerprint density at radius 2 is 1.97 bits per heavy atom. The Labute approximate surface area is 209 Å². The highest BCUT2D eigenvalue weighted by atomic mass is 19.1. The number of rotatable bonds is 8. The van der Waals surface area contributed by atoms with Gasteiger partial charge in [-0.2, -0.15) is 4.98 Å². The number of aliphatic hydroxyl groups is 1. The van der Waals surface area contributed by atoms with Crippen LogP contribution in [0.25, 0.3) is 11.5 Å². The Morgan fingerprint density at radius 1 is 1.17 bits per heavy atom. The SMILES string of the molecule is Cn1cncc1-c1nc(OCC2CCOCC2)cc(C(O)NC2CCN(c3ccc(F)cn3)CC2)n1. The summed E-state index contributed by atoms with van der Waals surface area (Å²) in [5.41, 5.74) is 1.19. The van der Waals surface area contributed by atoms with E-state index < -0.39 is 6.23 Å². The van der Waals surface area contributed by atoms with E-state index in [2.05, 4.69) is 30.2 Å². The van der Waals surface area contributed by atoms with Crippen LogP contribution in [0.3, 0.4) is 0 Å². The first-order chi connectivity index (χ1) is 17.5. The van der Waals surface area contributed by atoms with Crippen LogP contribution in [-0.2, 0) is 11.8 Å². The average molecular weight is 498 g/mol. The topological polar surface area (TPSA) is 110 Å². The maximum atomic E-state index is 13.2. The molecule has 1 atom stereocenters. The minimum atomic E-state index is -0.981. The van der Waals surface area contributed by atoms with Crippen molar-refractivity contribution >= 4 is 5.82 Å². The van der Waals surface area contributed by atoms with Crippen molar-refractivity contribution in [3.8, 4) is 17.4 Å². The first-order valence-corrected chi connectivity index (χ1v) is 12.4. The van der Waals surface area contributed by atoms with Crippen molar-refractivity contribution in [1.82, 2.24) is 29.8 Å². The maximum Gasteiger partial charge on any atom is 0.217 e. The highest BCUT2D eigenvalue weighted by molar-refractivity contribution is 5.49. The van der Waals surface area contributed by atoms with Crippen LogP contribution in [0.5, 0.6) is 5.88 Å². The van der Waals surface area contributed by atoms with Crippen molar-refractivity contribution in [1.29, 1.82) is 0 Å². The number of aliphatic hydroxyl groups excluding tert-OH is 1. The fraction of sp³-hybridized carbons (Fsp3) is 0.520. The van der Waals surface area contributed by atoms with E-state index >= 15 is 0 Å². The molecule has 0 spiro atoms. The van der Waals surface area contributed by atoms with Crippen LogP contribution in [0.2, 0.25) is 0 Å². The smallest absolute Gasteiger partial charge is 0.217 e. The zero-order valence-electron chi connectivity index (χ0n) is 20.4. The quantitative estimate of drug-likeness (QED) is 0.454. The Kier molecular flexibility index (Phi) is 7.69. The summed E-state index contributed by atoms with van der Waals surface area (Å²) in [6.45, 7) is 3.56. The monoisotopic (exact) mass is 497 g/mol. The second-order valence-electron chi connectivity index (χ2n) is 9.38. The van der Waals surface area contributed by atoms with E-state index in [0.29, 0.717) is 29.9 Å². The number of imidazole rings is 1. The van der Waals surface area contributed by atoms with Crippen LogP contribution >= 0.6 is 0 Å². The van der Waals surface area contributed by atoms with Crippen molar-refractivity contribution in [3.63, 3.8) is 0 Å². The van der Waals surface area contributed by atoms with E-state index in [9.17, 15) is 9.50 Å². The second-order valence-corrected chi connectivity index (χ2v) is 9.38. The largest absolute Gasteiger partial charge is 0.477 e. The van der Waals surface area contributed by atoms with Crippen LogP contribution in [0, 0.1) is 11.7 Å². The third kappa shape index (κ3) is 5.97. The number of halogens is 1. The van der Waals surface area contributed by atoms with Gasteiger partial charge in [-0.25, -0.2) is 19.3 Å². The predicted octanol–water partition coefficient (Wildman–Crippen LogP) is 2.47. The lowest BCUT2D eigenvalue weighted by Gasteiger charge is -2.34. The number of ether oxygens (including phenoxy) is 2. The molecule has 0 bridgehead atoms. The molecule has 1 unspecified atom stereocenters. The molecule has 5 heterocycles. The molecule has 5 rings (SSSR count). The summed E-state index contributed by atoms with van der Waals surface area (Å²) >= 11 is 0. The van der Waals surface area contributed by atoms with Gasteiger partial charge in [0.2, 0.25) is 5.88 Å². The summed E-state index contributed by atoms with van der Waals surface area (Å²) in [6, 6.07) is 4.92. The third-order valence-electron chi connectivity index (χ3n) is 6.78. The molecule has 2 N–H and O–H groups in total. The first-order valence-electron chi connectivity index (χ1n) is 12.4. The van der Waals surface area contributed by atoms with Gasteiger partial charge < -0.3 is 24.0 Å². The number of piperidine rings is 1. The summed E-state index contributed by atoms with van der Waals surface area (Å²) in [6.07, 6.45) is 7.18. The molecule has 36 heavy (non-hydrogen) atoms. The van der Waals surface area contributed by atoms with E-state index in [1.54, 1.807) is 24.7 Å². The summed E-state index contributed by atoms with van der Waals surface area (Å²) in [7, 11) is 1.87. The molecule has 2 aliphatic heterocycles. The summed E-state index contributed by atoms with van der Waals surface area (Å²) < 4.78 is 26.5. The van der Waals surface area contributed by atoms with Crippen LogP contribution in [0.1, 0.15) is 37.6 Å². The van der Waals surface area contributed by atoms with Crippen molar-refractivity contribution in [2.24, 2.45) is 13.0 Å². The second kappa shape index (κ2) is 11.3. The molecule has 0 aliphatic carbocycles. The van der Waals surface area contributed by atoms with Gasteiger partial charge in [-0.15, -0.1) is 0 Å². The van der Waals surface area contributed by atoms with Gasteiger partial charge in [0.05, 0.1) is 31.0 Å². The summed E-state index contributed by atoms with van der Waals surface area (Å²) in [5, 5.41) is 14.4. The summed E-state index contributed by atoms with van der Waals surface area (Å²) in [5.74, 6) is 1.72. The molecule has 2 aliphatic rings. The van der Waals surface area contributed by atoms with E-state index in [1.807, 2.05) is 11.6 Å². The zero-order valence-corrected chi connectivity index (χ0v) is 20.4. The lowest BCUT2D eigenvalue weighted by atomic mass is 10.0. The molecule has 11 heteroatoms. The number of nitrogens with one attached hydrogen (secondary N) is 1. The van der Waals surface area contributed by atoms with Gasteiger partial charge in [0.15, 0.2) is 5.82 Å². The minimum absolute atomic E-state index is 0.0958. The van der Waals surface area contributed by atoms with Gasteiger partial charge in [-0.05, 0) is 43.7 Å².